The first-order chi connectivity index (χ1) is 10.1. The van der Waals surface area contributed by atoms with Crippen LogP contribution in [-0.2, 0) is 13.1 Å². The van der Waals surface area contributed by atoms with Gasteiger partial charge in [-0.15, -0.1) is 0 Å². The fourth-order valence-electron chi connectivity index (χ4n) is 2.35. The average molecular weight is 303 g/mol. The maximum absolute atomic E-state index is 6.23. The molecular formula is C18H23ClN2. The molecule has 1 N–H and O–H groups in total. The van der Waals surface area contributed by atoms with Crippen molar-refractivity contribution < 1.29 is 0 Å². The third-order valence-corrected chi connectivity index (χ3v) is 4.07. The Hall–Kier alpha value is -1.51. The van der Waals surface area contributed by atoms with E-state index in [9.17, 15) is 0 Å². The molecule has 2 aromatic rings. The van der Waals surface area contributed by atoms with Crippen LogP contribution in [0.4, 0.5) is 5.69 Å². The van der Waals surface area contributed by atoms with Crippen molar-refractivity contribution >= 4 is 17.3 Å². The second-order valence-electron chi connectivity index (χ2n) is 5.34. The predicted octanol–water partition coefficient (Wildman–Crippen LogP) is 4.39. The molecule has 3 heteroatoms. The topological polar surface area (TPSA) is 15.3 Å². The standard InChI is InChI=1S/C18H23ClN2/c1-4-20-12-15-9-10-17(11-14(15)2)21(3)13-16-7-5-6-8-18(16)19/h5-11,20H,4,12-13H2,1-3H3. The fourth-order valence-corrected chi connectivity index (χ4v) is 2.54. The number of hydrogen-bond donors (Lipinski definition) is 1. The molecule has 2 aromatic carbocycles. The SMILES string of the molecule is CCNCc1ccc(N(C)Cc2ccccc2Cl)cc1C. The minimum atomic E-state index is 0.811. The smallest absolute Gasteiger partial charge is 0.0455 e. The van der Waals surface area contributed by atoms with Gasteiger partial charge in [0.05, 0.1) is 0 Å². The van der Waals surface area contributed by atoms with Crippen molar-refractivity contribution in [3.05, 3.63) is 64.2 Å². The minimum absolute atomic E-state index is 0.811. The molecule has 0 radical (unpaired) electrons. The molecule has 0 saturated carbocycles. The molecule has 2 rings (SSSR count). The highest BCUT2D eigenvalue weighted by molar-refractivity contribution is 6.31. The van der Waals surface area contributed by atoms with Crippen LogP contribution in [0, 0.1) is 6.92 Å². The van der Waals surface area contributed by atoms with Crippen molar-refractivity contribution in [3.63, 3.8) is 0 Å². The monoisotopic (exact) mass is 302 g/mol. The lowest BCUT2D eigenvalue weighted by Crippen LogP contribution is -2.17. The first-order valence-electron chi connectivity index (χ1n) is 7.36. The molecule has 0 unspecified atom stereocenters. The molecular weight excluding hydrogens is 280 g/mol. The van der Waals surface area contributed by atoms with Gasteiger partial charge in [0.1, 0.15) is 0 Å². The highest BCUT2D eigenvalue weighted by Crippen LogP contribution is 2.22. The molecule has 0 aliphatic carbocycles. The molecule has 0 fully saturated rings. The normalized spacial score (nSPS) is 10.7. The van der Waals surface area contributed by atoms with Crippen LogP contribution in [0.15, 0.2) is 42.5 Å². The molecule has 21 heavy (non-hydrogen) atoms. The van der Waals surface area contributed by atoms with E-state index in [1.807, 2.05) is 18.2 Å². The average Bonchev–Trinajstić information content (AvgIpc) is 2.48. The van der Waals surface area contributed by atoms with Gasteiger partial charge in [0.15, 0.2) is 0 Å². The number of halogens is 1. The second-order valence-corrected chi connectivity index (χ2v) is 5.75. The Bertz CT molecular complexity index is 596. The van der Waals surface area contributed by atoms with E-state index in [1.54, 1.807) is 0 Å². The van der Waals surface area contributed by atoms with Crippen LogP contribution in [-0.4, -0.2) is 13.6 Å². The first-order valence-corrected chi connectivity index (χ1v) is 7.74. The molecule has 0 bridgehead atoms. The van der Waals surface area contributed by atoms with Crippen LogP contribution in [0.1, 0.15) is 23.6 Å². The molecule has 0 saturated heterocycles. The van der Waals surface area contributed by atoms with Crippen LogP contribution in [0.3, 0.4) is 0 Å². The summed E-state index contributed by atoms with van der Waals surface area (Å²) in [6.07, 6.45) is 0. The van der Waals surface area contributed by atoms with E-state index in [0.29, 0.717) is 0 Å². The van der Waals surface area contributed by atoms with Crippen molar-refractivity contribution in [2.75, 3.05) is 18.5 Å². The van der Waals surface area contributed by atoms with Crippen LogP contribution < -0.4 is 10.2 Å². The maximum atomic E-state index is 6.23. The van der Waals surface area contributed by atoms with Crippen molar-refractivity contribution in [2.45, 2.75) is 26.9 Å². The highest BCUT2D eigenvalue weighted by atomic mass is 35.5. The van der Waals surface area contributed by atoms with E-state index in [2.05, 4.69) is 55.4 Å². The summed E-state index contributed by atoms with van der Waals surface area (Å²) < 4.78 is 0. The summed E-state index contributed by atoms with van der Waals surface area (Å²) >= 11 is 6.23. The van der Waals surface area contributed by atoms with Crippen molar-refractivity contribution in [2.24, 2.45) is 0 Å². The Balaban J connectivity index is 2.11. The van der Waals surface area contributed by atoms with Gasteiger partial charge in [-0.1, -0.05) is 42.8 Å². The van der Waals surface area contributed by atoms with E-state index in [1.165, 1.54) is 16.8 Å². The van der Waals surface area contributed by atoms with Crippen molar-refractivity contribution in [3.8, 4) is 0 Å². The first kappa shape index (κ1) is 15.9. The maximum Gasteiger partial charge on any atom is 0.0455 e. The summed E-state index contributed by atoms with van der Waals surface area (Å²) in [4.78, 5) is 2.23. The summed E-state index contributed by atoms with van der Waals surface area (Å²) in [5, 5.41) is 4.19. The van der Waals surface area contributed by atoms with Gasteiger partial charge >= 0.3 is 0 Å². The van der Waals surface area contributed by atoms with Crippen LogP contribution >= 0.6 is 11.6 Å². The fraction of sp³-hybridized carbons (Fsp3) is 0.333. The molecule has 112 valence electrons. The lowest BCUT2D eigenvalue weighted by atomic mass is 10.1. The molecule has 0 spiro atoms. The summed E-state index contributed by atoms with van der Waals surface area (Å²) in [7, 11) is 2.10. The Kier molecular flexibility index (Phi) is 5.66. The summed E-state index contributed by atoms with van der Waals surface area (Å²) in [5.41, 5.74) is 5.04. The third-order valence-electron chi connectivity index (χ3n) is 3.70. The third kappa shape index (κ3) is 4.23. The number of anilines is 1. The zero-order chi connectivity index (χ0) is 15.2. The van der Waals surface area contributed by atoms with Crippen molar-refractivity contribution in [1.29, 1.82) is 0 Å². The van der Waals surface area contributed by atoms with E-state index in [-0.39, 0.29) is 0 Å². The van der Waals surface area contributed by atoms with E-state index in [4.69, 9.17) is 11.6 Å². The van der Waals surface area contributed by atoms with E-state index in [0.717, 1.165) is 30.2 Å². The summed E-state index contributed by atoms with van der Waals surface area (Å²) in [6.45, 7) is 7.02. The minimum Gasteiger partial charge on any atom is -0.370 e. The van der Waals surface area contributed by atoms with Gasteiger partial charge in [-0.3, -0.25) is 0 Å². The van der Waals surface area contributed by atoms with Crippen LogP contribution in [0.5, 0.6) is 0 Å². The zero-order valence-corrected chi connectivity index (χ0v) is 13.7. The van der Waals surface area contributed by atoms with Gasteiger partial charge in [0.2, 0.25) is 0 Å². The Morgan fingerprint density at radius 2 is 1.86 bits per heavy atom. The largest absolute Gasteiger partial charge is 0.370 e. The molecule has 2 nitrogen and oxygen atoms in total. The number of rotatable bonds is 6. The second kappa shape index (κ2) is 7.48. The van der Waals surface area contributed by atoms with Gasteiger partial charge in [0, 0.05) is 30.8 Å². The lowest BCUT2D eigenvalue weighted by molar-refractivity contribution is 0.723. The van der Waals surface area contributed by atoms with Crippen LogP contribution in [0.2, 0.25) is 5.02 Å². The predicted molar refractivity (Wildman–Crippen MR) is 92.1 cm³/mol. The van der Waals surface area contributed by atoms with E-state index >= 15 is 0 Å². The molecule has 0 heterocycles. The number of nitrogens with one attached hydrogen (secondary N) is 1. The number of aryl methyl sites for hydroxylation is 1. The Morgan fingerprint density at radius 1 is 1.10 bits per heavy atom. The Labute approximate surface area is 132 Å². The van der Waals surface area contributed by atoms with Gasteiger partial charge < -0.3 is 10.2 Å². The molecule has 0 atom stereocenters. The quantitative estimate of drug-likeness (QED) is 0.851. The molecule has 0 aliphatic heterocycles. The molecule has 0 amide bonds. The van der Waals surface area contributed by atoms with Crippen molar-refractivity contribution in [1.82, 2.24) is 5.32 Å². The number of nitrogens with zero attached hydrogens (tertiary/aromatic N) is 1. The number of hydrogen-bond acceptors (Lipinski definition) is 2. The highest BCUT2D eigenvalue weighted by Gasteiger charge is 2.07. The Morgan fingerprint density at radius 3 is 2.52 bits per heavy atom. The van der Waals surface area contributed by atoms with Gasteiger partial charge in [0.25, 0.3) is 0 Å². The van der Waals surface area contributed by atoms with Gasteiger partial charge in [-0.2, -0.15) is 0 Å². The van der Waals surface area contributed by atoms with E-state index < -0.39 is 0 Å². The summed E-state index contributed by atoms with van der Waals surface area (Å²) in [5.74, 6) is 0. The molecule has 0 aliphatic rings. The van der Waals surface area contributed by atoms with Gasteiger partial charge in [-0.05, 0) is 48.4 Å². The van der Waals surface area contributed by atoms with Gasteiger partial charge in [-0.25, -0.2) is 0 Å². The molecule has 0 aromatic heterocycles. The zero-order valence-electron chi connectivity index (χ0n) is 13.0. The lowest BCUT2D eigenvalue weighted by Gasteiger charge is -2.21. The number of benzene rings is 2. The summed E-state index contributed by atoms with van der Waals surface area (Å²) in [6, 6.07) is 14.6. The van der Waals surface area contributed by atoms with Crippen LogP contribution in [0.25, 0.3) is 0 Å².